The highest BCUT2D eigenvalue weighted by atomic mass is 35.5. The average Bonchev–Trinajstić information content (AvgIpc) is 4.06. The van der Waals surface area contributed by atoms with Crippen molar-refractivity contribution < 1.29 is 27.2 Å². The number of hydrogen-bond acceptors (Lipinski definition) is 10. The van der Waals surface area contributed by atoms with Gasteiger partial charge in [0, 0.05) is 91.5 Å². The third-order valence-electron chi connectivity index (χ3n) is 12.9. The Morgan fingerprint density at radius 2 is 1.23 bits per heavy atom. The minimum Gasteiger partial charge on any atom is -0.338 e. The van der Waals surface area contributed by atoms with Crippen molar-refractivity contribution >= 4 is 67.0 Å². The number of carbonyl (C=O) groups excluding carboxylic acids is 3. The lowest BCUT2D eigenvalue weighted by atomic mass is 9.98. The van der Waals surface area contributed by atoms with E-state index in [1.54, 1.807) is 77.1 Å². The summed E-state index contributed by atoms with van der Waals surface area (Å²) in [6.07, 6.45) is 13.5. The molecule has 70 heavy (non-hydrogen) atoms. The summed E-state index contributed by atoms with van der Waals surface area (Å²) in [7, 11) is -3.94. The summed E-state index contributed by atoms with van der Waals surface area (Å²) < 4.78 is 38.1. The number of likely N-dealkylation sites (tertiary alicyclic amines) is 1. The molecule has 0 spiro atoms. The van der Waals surface area contributed by atoms with Gasteiger partial charge < -0.3 is 20.0 Å². The van der Waals surface area contributed by atoms with Gasteiger partial charge >= 0.3 is 6.03 Å². The number of benzene rings is 4. The molecule has 356 valence electrons. The van der Waals surface area contributed by atoms with Crippen LogP contribution in [0.25, 0.3) is 56.1 Å². The number of anilines is 1. The monoisotopic (exact) mass is 978 g/mol. The van der Waals surface area contributed by atoms with Crippen molar-refractivity contribution in [3.63, 3.8) is 0 Å². The van der Waals surface area contributed by atoms with Gasteiger partial charge in [-0.1, -0.05) is 60.7 Å². The summed E-state index contributed by atoms with van der Waals surface area (Å²) >= 11 is 5.59. The molecule has 7 aromatic rings. The Hall–Kier alpha value is -7.63. The quantitative estimate of drug-likeness (QED) is 0.134. The zero-order valence-corrected chi connectivity index (χ0v) is 39.7. The number of aromatic nitrogens is 6. The van der Waals surface area contributed by atoms with Crippen molar-refractivity contribution in [2.24, 2.45) is 0 Å². The highest BCUT2D eigenvalue weighted by molar-refractivity contribution is 7.93. The first-order valence-corrected chi connectivity index (χ1v) is 25.1. The Kier molecular flexibility index (Phi) is 13.9. The molecule has 1 atom stereocenters. The average molecular weight is 980 g/mol. The SMILES string of the molecule is CS(=O)(=O)[C@@]1(C(=O)Nc2ccc3[nH]nc(-c4ccc(F)cc4)c3c2)CCN(C(=O)N2CC=C(c3ccc(-c4ncccn4)cc3)CC2)C1.O=C(CCl)N1CC=C(c2ccc(-c3ncccn3)cc2)CC1. The molecule has 1 fully saturated rings. The van der Waals surface area contributed by atoms with Gasteiger partial charge in [0.2, 0.25) is 11.8 Å². The first-order valence-electron chi connectivity index (χ1n) is 22.7. The second kappa shape index (κ2) is 20.5. The van der Waals surface area contributed by atoms with Gasteiger partial charge in [0.25, 0.3) is 0 Å². The summed E-state index contributed by atoms with van der Waals surface area (Å²) in [4.78, 5) is 60.9. The number of sulfone groups is 1. The Morgan fingerprint density at radius 3 is 1.74 bits per heavy atom. The number of alkyl halides is 1. The van der Waals surface area contributed by atoms with Gasteiger partial charge in [-0.2, -0.15) is 5.10 Å². The summed E-state index contributed by atoms with van der Waals surface area (Å²) in [6.45, 7) is 2.06. The highest BCUT2D eigenvalue weighted by Gasteiger charge is 2.54. The number of hydrogen-bond donors (Lipinski definition) is 2. The van der Waals surface area contributed by atoms with E-state index in [1.807, 2.05) is 42.5 Å². The second-order valence-electron chi connectivity index (χ2n) is 17.2. The molecular formula is C52H48ClFN10O5S. The zero-order chi connectivity index (χ0) is 48.8. The van der Waals surface area contributed by atoms with Gasteiger partial charge in [0.15, 0.2) is 26.2 Å². The minimum atomic E-state index is -3.94. The van der Waals surface area contributed by atoms with E-state index in [0.29, 0.717) is 59.7 Å². The van der Waals surface area contributed by atoms with Crippen molar-refractivity contribution in [1.29, 1.82) is 0 Å². The van der Waals surface area contributed by atoms with Crippen LogP contribution in [0.4, 0.5) is 14.9 Å². The lowest BCUT2D eigenvalue weighted by Crippen LogP contribution is -2.53. The lowest BCUT2D eigenvalue weighted by molar-refractivity contribution is -0.128. The van der Waals surface area contributed by atoms with E-state index in [-0.39, 0.29) is 43.1 Å². The molecule has 15 nitrogen and oxygen atoms in total. The topological polar surface area (TPSA) is 187 Å². The Labute approximate surface area is 409 Å². The van der Waals surface area contributed by atoms with E-state index in [1.165, 1.54) is 28.2 Å². The number of urea groups is 1. The fourth-order valence-electron chi connectivity index (χ4n) is 8.88. The number of H-pyrrole nitrogens is 1. The van der Waals surface area contributed by atoms with Gasteiger partial charge in [0.05, 0.1) is 17.8 Å². The number of rotatable bonds is 9. The molecular weight excluding hydrogens is 931 g/mol. The Bertz CT molecular complexity index is 3210. The van der Waals surface area contributed by atoms with Gasteiger partial charge in [-0.3, -0.25) is 14.7 Å². The Balaban J connectivity index is 0.000000230. The van der Waals surface area contributed by atoms with Crippen LogP contribution in [-0.2, 0) is 19.4 Å². The summed E-state index contributed by atoms with van der Waals surface area (Å²) in [5, 5.41) is 10.7. The summed E-state index contributed by atoms with van der Waals surface area (Å²) in [5.41, 5.74) is 8.84. The number of fused-ring (bicyclic) bond motifs is 1. The first kappa shape index (κ1) is 47.4. The van der Waals surface area contributed by atoms with E-state index < -0.39 is 20.5 Å². The maximum absolute atomic E-state index is 13.8. The summed E-state index contributed by atoms with van der Waals surface area (Å²) in [6, 6.07) is 30.4. The molecule has 18 heteroatoms. The standard InChI is InChI=1S/C35H32FN7O4S.C17H16ClN3O/c1-48(46,47)35(33(44)39-28-11-12-30-29(21-28)31(41-40-30)25-7-9-27(36)10-8-25)15-20-43(22-35)34(45)42-18-13-24(14-19-42)23-3-5-26(6-4-23)32-37-16-2-17-38-32;18-12-16(22)21-10-6-14(7-11-21)13-2-4-15(5-3-13)17-19-8-1-9-20-17/h2-13,16-17,21H,14-15,18-20,22H2,1H3,(H,39,44)(H,40,41);1-6,8-9H,7,10-12H2/t35-;/m0./s1. The van der Waals surface area contributed by atoms with Crippen LogP contribution in [0, 0.1) is 5.82 Å². The molecule has 3 aliphatic rings. The van der Waals surface area contributed by atoms with Gasteiger partial charge in [-0.05, 0) is 96.1 Å². The minimum absolute atomic E-state index is 0.00598. The van der Waals surface area contributed by atoms with Gasteiger partial charge in [0.1, 0.15) is 11.7 Å². The third kappa shape index (κ3) is 10.2. The van der Waals surface area contributed by atoms with Crippen LogP contribution in [0.1, 0.15) is 30.4 Å². The first-order chi connectivity index (χ1) is 33.9. The molecule has 0 radical (unpaired) electrons. The molecule has 4 amide bonds. The Morgan fingerprint density at radius 1 is 0.700 bits per heavy atom. The van der Waals surface area contributed by atoms with Crippen molar-refractivity contribution in [1.82, 2.24) is 44.8 Å². The molecule has 0 bridgehead atoms. The van der Waals surface area contributed by atoms with E-state index in [2.05, 4.69) is 53.7 Å². The normalized spacial score (nSPS) is 17.0. The number of aromatic amines is 1. The largest absolute Gasteiger partial charge is 0.338 e. The molecule has 3 aromatic heterocycles. The van der Waals surface area contributed by atoms with Crippen LogP contribution >= 0.6 is 11.6 Å². The van der Waals surface area contributed by atoms with E-state index >= 15 is 0 Å². The summed E-state index contributed by atoms with van der Waals surface area (Å²) in [5.74, 6) is 0.354. The zero-order valence-electron chi connectivity index (χ0n) is 38.1. The predicted molar refractivity (Wildman–Crippen MR) is 268 cm³/mol. The predicted octanol–water partition coefficient (Wildman–Crippen LogP) is 8.16. The number of carbonyl (C=O) groups is 3. The molecule has 4 aromatic carbocycles. The maximum Gasteiger partial charge on any atom is 0.320 e. The van der Waals surface area contributed by atoms with Crippen LogP contribution in [0.3, 0.4) is 0 Å². The van der Waals surface area contributed by atoms with Crippen LogP contribution in [0.15, 0.2) is 140 Å². The van der Waals surface area contributed by atoms with Crippen molar-refractivity contribution in [2.75, 3.05) is 56.7 Å². The highest BCUT2D eigenvalue weighted by Crippen LogP contribution is 2.35. The molecule has 6 heterocycles. The van der Waals surface area contributed by atoms with Crippen LogP contribution in [0.5, 0.6) is 0 Å². The molecule has 3 aliphatic heterocycles. The molecule has 0 unspecified atom stereocenters. The van der Waals surface area contributed by atoms with E-state index in [4.69, 9.17) is 11.6 Å². The molecule has 1 saturated heterocycles. The van der Waals surface area contributed by atoms with Crippen LogP contribution in [-0.4, -0.2) is 127 Å². The molecule has 0 saturated carbocycles. The molecule has 10 rings (SSSR count). The van der Waals surface area contributed by atoms with Crippen LogP contribution in [0.2, 0.25) is 0 Å². The van der Waals surface area contributed by atoms with Gasteiger partial charge in [-0.15, -0.1) is 11.6 Å². The van der Waals surface area contributed by atoms with Gasteiger partial charge in [-0.25, -0.2) is 37.5 Å². The number of nitrogens with zero attached hydrogens (tertiary/aromatic N) is 8. The number of nitrogens with one attached hydrogen (secondary N) is 2. The maximum atomic E-state index is 13.8. The van der Waals surface area contributed by atoms with Crippen molar-refractivity contribution in [2.45, 2.75) is 24.0 Å². The van der Waals surface area contributed by atoms with Crippen molar-refractivity contribution in [3.05, 3.63) is 157 Å². The van der Waals surface area contributed by atoms with E-state index in [9.17, 15) is 27.2 Å². The smallest absolute Gasteiger partial charge is 0.320 e. The fourth-order valence-corrected chi connectivity index (χ4v) is 10.3. The van der Waals surface area contributed by atoms with Crippen molar-refractivity contribution in [3.8, 4) is 34.0 Å². The van der Waals surface area contributed by atoms with E-state index in [0.717, 1.165) is 47.3 Å². The third-order valence-corrected chi connectivity index (χ3v) is 15.0. The van der Waals surface area contributed by atoms with Crippen LogP contribution < -0.4 is 5.32 Å². The second-order valence-corrected chi connectivity index (χ2v) is 19.8. The number of amides is 4. The number of halogens is 2. The molecule has 2 N–H and O–H groups in total. The fraction of sp³-hybridized carbons (Fsp3) is 0.231. The molecule has 0 aliphatic carbocycles. The lowest BCUT2D eigenvalue weighted by Gasteiger charge is -2.32.